The van der Waals surface area contributed by atoms with Gasteiger partial charge in [0.25, 0.3) is 0 Å². The molecule has 7 heteroatoms. The Morgan fingerprint density at radius 1 is 1.23 bits per heavy atom. The molecule has 2 unspecified atom stereocenters. The molecule has 1 heterocycles. The lowest BCUT2D eigenvalue weighted by Crippen LogP contribution is -2.47. The van der Waals surface area contributed by atoms with E-state index in [9.17, 15) is 4.79 Å². The van der Waals surface area contributed by atoms with Crippen LogP contribution >= 0.6 is 24.0 Å². The number of amides is 1. The maximum atomic E-state index is 11.5. The minimum atomic E-state index is -0.0435. The molecule has 3 N–H and O–H groups in total. The molecule has 1 fully saturated rings. The van der Waals surface area contributed by atoms with Gasteiger partial charge in [0.1, 0.15) is 6.54 Å². The third-order valence-corrected chi connectivity index (χ3v) is 3.79. The number of rotatable bonds is 6. The van der Waals surface area contributed by atoms with Crippen molar-refractivity contribution in [3.8, 4) is 0 Å². The number of likely N-dealkylation sites (N-methyl/N-ethyl adjacent to an activating group) is 1. The van der Waals surface area contributed by atoms with E-state index >= 15 is 0 Å². The van der Waals surface area contributed by atoms with E-state index in [1.54, 1.807) is 0 Å². The van der Waals surface area contributed by atoms with Crippen LogP contribution in [-0.2, 0) is 4.79 Å². The summed E-state index contributed by atoms with van der Waals surface area (Å²) in [5, 5.41) is 9.44. The van der Waals surface area contributed by atoms with Crippen molar-refractivity contribution < 1.29 is 4.79 Å². The van der Waals surface area contributed by atoms with Crippen molar-refractivity contribution in [1.82, 2.24) is 20.9 Å². The Kier molecular flexibility index (Phi) is 10.8. The number of nitrogens with one attached hydrogen (secondary N) is 3. The molecule has 1 aliphatic heterocycles. The van der Waals surface area contributed by atoms with Gasteiger partial charge in [-0.3, -0.25) is 9.69 Å². The third-order valence-electron chi connectivity index (χ3n) is 3.79. The van der Waals surface area contributed by atoms with Crippen LogP contribution in [0.4, 0.5) is 0 Å². The van der Waals surface area contributed by atoms with E-state index in [-0.39, 0.29) is 36.4 Å². The summed E-state index contributed by atoms with van der Waals surface area (Å²) in [5.74, 6) is 1.25. The Hall–Kier alpha value is -0.570. The molecule has 0 spiro atoms. The number of guanidine groups is 1. The smallest absolute Gasteiger partial charge is 0.241 e. The first-order valence-electron chi connectivity index (χ1n) is 8.03. The summed E-state index contributed by atoms with van der Waals surface area (Å²) in [7, 11) is 0. The SMILES string of the molecule is CCNC(=O)CN=C(NCC)NC1CN(C(C)C)CC1C.I. The third kappa shape index (κ3) is 7.13. The van der Waals surface area contributed by atoms with E-state index in [0.29, 0.717) is 24.5 Å². The van der Waals surface area contributed by atoms with Gasteiger partial charge in [0.05, 0.1) is 0 Å². The summed E-state index contributed by atoms with van der Waals surface area (Å²) in [6, 6.07) is 0.938. The molecular weight excluding hydrogens is 393 g/mol. The molecule has 130 valence electrons. The molecule has 1 amide bonds. The lowest BCUT2D eigenvalue weighted by Gasteiger charge is -2.21. The molecule has 0 aliphatic carbocycles. The van der Waals surface area contributed by atoms with Gasteiger partial charge in [0, 0.05) is 38.3 Å². The van der Waals surface area contributed by atoms with E-state index in [0.717, 1.165) is 25.6 Å². The molecule has 1 aliphatic rings. The Labute approximate surface area is 151 Å². The van der Waals surface area contributed by atoms with E-state index in [1.165, 1.54) is 0 Å². The van der Waals surface area contributed by atoms with Crippen LogP contribution in [-0.4, -0.2) is 61.6 Å². The van der Waals surface area contributed by atoms with Gasteiger partial charge in [0.15, 0.2) is 5.96 Å². The predicted molar refractivity (Wildman–Crippen MR) is 103 cm³/mol. The first kappa shape index (κ1) is 21.4. The van der Waals surface area contributed by atoms with Crippen LogP contribution in [0, 0.1) is 5.92 Å². The number of carbonyl (C=O) groups is 1. The largest absolute Gasteiger partial charge is 0.357 e. The maximum Gasteiger partial charge on any atom is 0.241 e. The van der Waals surface area contributed by atoms with E-state index in [4.69, 9.17) is 0 Å². The van der Waals surface area contributed by atoms with Gasteiger partial charge in [-0.1, -0.05) is 6.92 Å². The Morgan fingerprint density at radius 3 is 2.36 bits per heavy atom. The molecule has 0 aromatic carbocycles. The summed E-state index contributed by atoms with van der Waals surface area (Å²) in [5.41, 5.74) is 0. The molecule has 6 nitrogen and oxygen atoms in total. The second-order valence-corrected chi connectivity index (χ2v) is 5.92. The van der Waals surface area contributed by atoms with Crippen LogP contribution in [0.1, 0.15) is 34.6 Å². The van der Waals surface area contributed by atoms with Crippen molar-refractivity contribution in [2.75, 3.05) is 32.7 Å². The summed E-state index contributed by atoms with van der Waals surface area (Å²) >= 11 is 0. The molecule has 1 rings (SSSR count). The fraction of sp³-hybridized carbons (Fsp3) is 0.867. The van der Waals surface area contributed by atoms with Crippen molar-refractivity contribution in [3.05, 3.63) is 0 Å². The minimum Gasteiger partial charge on any atom is -0.357 e. The Balaban J connectivity index is 0.00000441. The van der Waals surface area contributed by atoms with Gasteiger partial charge in [-0.15, -0.1) is 24.0 Å². The van der Waals surface area contributed by atoms with Crippen LogP contribution in [0.15, 0.2) is 4.99 Å². The minimum absolute atomic E-state index is 0. The van der Waals surface area contributed by atoms with E-state index in [2.05, 4.69) is 46.6 Å². The topological polar surface area (TPSA) is 68.8 Å². The van der Waals surface area contributed by atoms with Crippen LogP contribution in [0.3, 0.4) is 0 Å². The second-order valence-electron chi connectivity index (χ2n) is 5.92. The highest BCUT2D eigenvalue weighted by Crippen LogP contribution is 2.18. The zero-order chi connectivity index (χ0) is 15.8. The lowest BCUT2D eigenvalue weighted by atomic mass is 10.1. The highest BCUT2D eigenvalue weighted by Gasteiger charge is 2.31. The van der Waals surface area contributed by atoms with Crippen LogP contribution in [0.5, 0.6) is 0 Å². The number of hydrogen-bond donors (Lipinski definition) is 3. The number of hydrogen-bond acceptors (Lipinski definition) is 3. The van der Waals surface area contributed by atoms with Gasteiger partial charge >= 0.3 is 0 Å². The first-order chi connectivity index (χ1) is 9.97. The van der Waals surface area contributed by atoms with E-state index < -0.39 is 0 Å². The number of likely N-dealkylation sites (tertiary alicyclic amines) is 1. The molecule has 22 heavy (non-hydrogen) atoms. The van der Waals surface area contributed by atoms with Crippen molar-refractivity contribution in [3.63, 3.8) is 0 Å². The Morgan fingerprint density at radius 2 is 1.86 bits per heavy atom. The van der Waals surface area contributed by atoms with Crippen LogP contribution in [0.2, 0.25) is 0 Å². The zero-order valence-electron chi connectivity index (χ0n) is 14.5. The van der Waals surface area contributed by atoms with Crippen molar-refractivity contribution in [2.45, 2.75) is 46.7 Å². The fourth-order valence-corrected chi connectivity index (χ4v) is 2.51. The maximum absolute atomic E-state index is 11.5. The van der Waals surface area contributed by atoms with Crippen molar-refractivity contribution >= 4 is 35.8 Å². The standard InChI is InChI=1S/C15H31N5O.HI/c1-6-16-14(21)8-18-15(17-7-2)19-13-10-20(11(3)4)9-12(13)5;/h11-13H,6-10H2,1-5H3,(H,16,21)(H2,17,18,19);1H. The second kappa shape index (κ2) is 11.0. The van der Waals surface area contributed by atoms with Gasteiger partial charge in [-0.25, -0.2) is 4.99 Å². The lowest BCUT2D eigenvalue weighted by molar-refractivity contribution is -0.119. The van der Waals surface area contributed by atoms with Gasteiger partial charge < -0.3 is 16.0 Å². The molecule has 0 aromatic heterocycles. The predicted octanol–water partition coefficient (Wildman–Crippen LogP) is 1.02. The average molecular weight is 425 g/mol. The molecule has 0 saturated carbocycles. The number of halogens is 1. The fourth-order valence-electron chi connectivity index (χ4n) is 2.51. The van der Waals surface area contributed by atoms with Crippen LogP contribution in [0.25, 0.3) is 0 Å². The molecule has 0 aromatic rings. The van der Waals surface area contributed by atoms with E-state index in [1.807, 2.05) is 13.8 Å². The quantitative estimate of drug-likeness (QED) is 0.338. The zero-order valence-corrected chi connectivity index (χ0v) is 16.8. The van der Waals surface area contributed by atoms with Crippen LogP contribution < -0.4 is 16.0 Å². The summed E-state index contributed by atoms with van der Waals surface area (Å²) in [6.07, 6.45) is 0. The van der Waals surface area contributed by atoms with Gasteiger partial charge in [-0.2, -0.15) is 0 Å². The number of carbonyl (C=O) groups excluding carboxylic acids is 1. The summed E-state index contributed by atoms with van der Waals surface area (Å²) < 4.78 is 0. The van der Waals surface area contributed by atoms with Crippen molar-refractivity contribution in [1.29, 1.82) is 0 Å². The number of nitrogens with zero attached hydrogens (tertiary/aromatic N) is 2. The van der Waals surface area contributed by atoms with Crippen molar-refractivity contribution in [2.24, 2.45) is 10.9 Å². The Bertz CT molecular complexity index is 362. The first-order valence-corrected chi connectivity index (χ1v) is 8.03. The average Bonchev–Trinajstić information content (AvgIpc) is 2.78. The normalized spacial score (nSPS) is 22.4. The summed E-state index contributed by atoms with van der Waals surface area (Å²) in [4.78, 5) is 18.3. The van der Waals surface area contributed by atoms with Gasteiger partial charge in [-0.05, 0) is 33.6 Å². The highest BCUT2D eigenvalue weighted by atomic mass is 127. The highest BCUT2D eigenvalue weighted by molar-refractivity contribution is 14.0. The molecule has 0 bridgehead atoms. The molecule has 2 atom stereocenters. The summed E-state index contributed by atoms with van der Waals surface area (Å²) in [6.45, 7) is 14.4. The van der Waals surface area contributed by atoms with Gasteiger partial charge in [0.2, 0.25) is 5.91 Å². The molecular formula is C15H32IN5O. The number of aliphatic imine (C=N–C) groups is 1. The molecule has 0 radical (unpaired) electrons. The monoisotopic (exact) mass is 425 g/mol. The molecule has 1 saturated heterocycles.